The van der Waals surface area contributed by atoms with Gasteiger partial charge >= 0.3 is 5.97 Å². The van der Waals surface area contributed by atoms with Gasteiger partial charge in [-0.2, -0.15) is 5.26 Å². The van der Waals surface area contributed by atoms with Crippen LogP contribution in [0.5, 0.6) is 5.75 Å². The molecular weight excluding hydrogens is 391 g/mol. The van der Waals surface area contributed by atoms with Crippen LogP contribution in [0.3, 0.4) is 0 Å². The van der Waals surface area contributed by atoms with Crippen LogP contribution < -0.4 is 10.5 Å². The molecule has 0 aromatic heterocycles. The molecule has 1 aliphatic rings. The standard InChI is InChI=1S/C19H18Cl2N2O4/c1-4-6-26-17-13(20)7-11(8-14(17)21)16-12(9-22)18(23)27-10(3)15(16)19(24)25-5-2/h4,7-8,16H,1,5-6,23H2,2-3H3. The van der Waals surface area contributed by atoms with E-state index >= 15 is 0 Å². The van der Waals surface area contributed by atoms with Crippen molar-refractivity contribution in [2.75, 3.05) is 13.2 Å². The number of hydrogen-bond acceptors (Lipinski definition) is 6. The van der Waals surface area contributed by atoms with E-state index in [2.05, 4.69) is 6.58 Å². The SMILES string of the molecule is C=CCOc1c(Cl)cc(C2C(C#N)=C(N)OC(C)=C2C(=O)OCC)cc1Cl. The molecule has 0 saturated carbocycles. The second kappa shape index (κ2) is 8.85. The Bertz CT molecular complexity index is 861. The van der Waals surface area contributed by atoms with Crippen molar-refractivity contribution < 1.29 is 19.0 Å². The van der Waals surface area contributed by atoms with Crippen molar-refractivity contribution in [3.63, 3.8) is 0 Å². The molecule has 0 fully saturated rings. The zero-order valence-electron chi connectivity index (χ0n) is 14.8. The number of nitrogens with zero attached hydrogens (tertiary/aromatic N) is 1. The van der Waals surface area contributed by atoms with E-state index in [1.165, 1.54) is 0 Å². The first-order valence-electron chi connectivity index (χ1n) is 8.03. The maximum Gasteiger partial charge on any atom is 0.338 e. The highest BCUT2D eigenvalue weighted by Gasteiger charge is 2.37. The van der Waals surface area contributed by atoms with E-state index in [-0.39, 0.29) is 51.8 Å². The smallest absolute Gasteiger partial charge is 0.338 e. The predicted octanol–water partition coefficient (Wildman–Crippen LogP) is 4.20. The first kappa shape index (κ1) is 20.7. The van der Waals surface area contributed by atoms with Crippen LogP contribution in [0.15, 0.2) is 47.6 Å². The Balaban J connectivity index is 2.63. The second-order valence-electron chi connectivity index (χ2n) is 5.53. The van der Waals surface area contributed by atoms with Gasteiger partial charge in [-0.25, -0.2) is 4.79 Å². The molecular formula is C19H18Cl2N2O4. The van der Waals surface area contributed by atoms with Crippen LogP contribution in [0, 0.1) is 11.3 Å². The second-order valence-corrected chi connectivity index (χ2v) is 6.34. The van der Waals surface area contributed by atoms with Gasteiger partial charge in [-0.1, -0.05) is 35.9 Å². The topological polar surface area (TPSA) is 94.6 Å². The zero-order chi connectivity index (χ0) is 20.1. The number of benzene rings is 1. The Kier molecular flexibility index (Phi) is 6.78. The van der Waals surface area contributed by atoms with Crippen LogP contribution in [0.1, 0.15) is 25.3 Å². The molecule has 1 aromatic carbocycles. The third-order valence-electron chi connectivity index (χ3n) is 3.80. The summed E-state index contributed by atoms with van der Waals surface area (Å²) in [5.41, 5.74) is 6.58. The van der Waals surface area contributed by atoms with E-state index in [0.717, 1.165) is 0 Å². The van der Waals surface area contributed by atoms with Gasteiger partial charge in [0.25, 0.3) is 0 Å². The Morgan fingerprint density at radius 3 is 2.59 bits per heavy atom. The summed E-state index contributed by atoms with van der Waals surface area (Å²) < 4.78 is 15.9. The third kappa shape index (κ3) is 4.21. The summed E-state index contributed by atoms with van der Waals surface area (Å²) in [5.74, 6) is -1.00. The van der Waals surface area contributed by atoms with Gasteiger partial charge in [0.1, 0.15) is 24.0 Å². The molecule has 2 rings (SSSR count). The number of ether oxygens (including phenoxy) is 3. The molecule has 1 unspecified atom stereocenters. The summed E-state index contributed by atoms with van der Waals surface area (Å²) in [6.45, 7) is 7.22. The van der Waals surface area contributed by atoms with Crippen LogP contribution >= 0.6 is 23.2 Å². The highest BCUT2D eigenvalue weighted by atomic mass is 35.5. The molecule has 8 heteroatoms. The molecule has 0 amide bonds. The van der Waals surface area contributed by atoms with Crippen LogP contribution in [-0.2, 0) is 14.3 Å². The van der Waals surface area contributed by atoms with E-state index in [1.54, 1.807) is 32.1 Å². The first-order chi connectivity index (χ1) is 12.8. The molecule has 6 nitrogen and oxygen atoms in total. The molecule has 27 heavy (non-hydrogen) atoms. The van der Waals surface area contributed by atoms with Crippen molar-refractivity contribution in [3.8, 4) is 11.8 Å². The Labute approximate surface area is 167 Å². The summed E-state index contributed by atoms with van der Waals surface area (Å²) in [5, 5.41) is 10.0. The van der Waals surface area contributed by atoms with Gasteiger partial charge in [-0.05, 0) is 31.5 Å². The normalized spacial score (nSPS) is 16.5. The average molecular weight is 409 g/mol. The molecule has 1 aliphatic heterocycles. The molecule has 1 atom stereocenters. The van der Waals surface area contributed by atoms with Crippen molar-refractivity contribution in [3.05, 3.63) is 63.2 Å². The van der Waals surface area contributed by atoms with E-state index in [4.69, 9.17) is 43.1 Å². The summed E-state index contributed by atoms with van der Waals surface area (Å²) in [6, 6.07) is 5.13. The van der Waals surface area contributed by atoms with E-state index in [9.17, 15) is 10.1 Å². The van der Waals surface area contributed by atoms with Gasteiger partial charge in [0, 0.05) is 0 Å². The van der Waals surface area contributed by atoms with Gasteiger partial charge in [0.15, 0.2) is 5.75 Å². The molecule has 2 N–H and O–H groups in total. The van der Waals surface area contributed by atoms with E-state index in [1.807, 2.05) is 6.07 Å². The van der Waals surface area contributed by atoms with Crippen molar-refractivity contribution in [1.29, 1.82) is 5.26 Å². The number of rotatable bonds is 6. The van der Waals surface area contributed by atoms with Gasteiger partial charge in [0.05, 0.1) is 28.1 Å². The zero-order valence-corrected chi connectivity index (χ0v) is 16.4. The average Bonchev–Trinajstić information content (AvgIpc) is 2.60. The number of carbonyl (C=O) groups is 1. The molecule has 0 saturated heterocycles. The molecule has 0 radical (unpaired) electrons. The molecule has 1 heterocycles. The largest absolute Gasteiger partial charge is 0.486 e. The number of nitrogens with two attached hydrogens (primary N) is 1. The fraction of sp³-hybridized carbons (Fsp3) is 0.263. The molecule has 0 spiro atoms. The highest BCUT2D eigenvalue weighted by molar-refractivity contribution is 6.37. The molecule has 142 valence electrons. The maximum atomic E-state index is 12.5. The number of carbonyl (C=O) groups excluding carboxylic acids is 1. The number of nitriles is 1. The van der Waals surface area contributed by atoms with Crippen LogP contribution in [0.2, 0.25) is 10.0 Å². The quantitative estimate of drug-likeness (QED) is 0.559. The molecule has 1 aromatic rings. The number of esters is 1. The van der Waals surface area contributed by atoms with E-state index < -0.39 is 11.9 Å². The van der Waals surface area contributed by atoms with Gasteiger partial charge in [-0.3, -0.25) is 0 Å². The summed E-state index contributed by atoms with van der Waals surface area (Å²) in [4.78, 5) is 12.5. The van der Waals surface area contributed by atoms with E-state index in [0.29, 0.717) is 5.56 Å². The van der Waals surface area contributed by atoms with Crippen LogP contribution in [0.25, 0.3) is 0 Å². The minimum atomic E-state index is -0.828. The lowest BCUT2D eigenvalue weighted by Gasteiger charge is -2.27. The van der Waals surface area contributed by atoms with Gasteiger partial charge in [0.2, 0.25) is 5.88 Å². The lowest BCUT2D eigenvalue weighted by atomic mass is 9.83. The number of hydrogen-bond donors (Lipinski definition) is 1. The highest BCUT2D eigenvalue weighted by Crippen LogP contribution is 2.43. The minimum absolute atomic E-state index is 0.0653. The fourth-order valence-corrected chi connectivity index (χ4v) is 3.33. The lowest BCUT2D eigenvalue weighted by Crippen LogP contribution is -2.25. The van der Waals surface area contributed by atoms with Crippen molar-refractivity contribution in [2.24, 2.45) is 5.73 Å². The lowest BCUT2D eigenvalue weighted by molar-refractivity contribution is -0.139. The maximum absolute atomic E-state index is 12.5. The molecule has 0 aliphatic carbocycles. The van der Waals surface area contributed by atoms with Gasteiger partial charge < -0.3 is 19.9 Å². The summed E-state index contributed by atoms with van der Waals surface area (Å²) >= 11 is 12.6. The van der Waals surface area contributed by atoms with Crippen LogP contribution in [0.4, 0.5) is 0 Å². The first-order valence-corrected chi connectivity index (χ1v) is 8.79. The third-order valence-corrected chi connectivity index (χ3v) is 4.36. The number of halogens is 2. The number of allylic oxidation sites excluding steroid dienone is 2. The monoisotopic (exact) mass is 408 g/mol. The van der Waals surface area contributed by atoms with Crippen molar-refractivity contribution in [2.45, 2.75) is 19.8 Å². The van der Waals surface area contributed by atoms with Crippen molar-refractivity contribution in [1.82, 2.24) is 0 Å². The summed E-state index contributed by atoms with van der Waals surface area (Å²) in [6.07, 6.45) is 1.56. The minimum Gasteiger partial charge on any atom is -0.486 e. The summed E-state index contributed by atoms with van der Waals surface area (Å²) in [7, 11) is 0. The molecule has 0 bridgehead atoms. The Morgan fingerprint density at radius 2 is 2.07 bits per heavy atom. The van der Waals surface area contributed by atoms with Crippen LogP contribution in [-0.4, -0.2) is 19.2 Å². The predicted molar refractivity (Wildman–Crippen MR) is 102 cm³/mol. The Morgan fingerprint density at radius 1 is 1.44 bits per heavy atom. The van der Waals surface area contributed by atoms with Crippen molar-refractivity contribution >= 4 is 29.2 Å². The van der Waals surface area contributed by atoms with Gasteiger partial charge in [-0.15, -0.1) is 0 Å². The Hall–Kier alpha value is -2.62. The fourth-order valence-electron chi connectivity index (χ4n) is 2.71.